The summed E-state index contributed by atoms with van der Waals surface area (Å²) in [6.45, 7) is 2.81. The Kier molecular flexibility index (Phi) is 4.78. The highest BCUT2D eigenvalue weighted by molar-refractivity contribution is 6.30. The van der Waals surface area contributed by atoms with Crippen LogP contribution in [0.25, 0.3) is 11.0 Å². The third-order valence-corrected chi connectivity index (χ3v) is 4.04. The van der Waals surface area contributed by atoms with Gasteiger partial charge in [-0.3, -0.25) is 4.79 Å². The van der Waals surface area contributed by atoms with Crippen LogP contribution in [-0.4, -0.2) is 32.6 Å². The summed E-state index contributed by atoms with van der Waals surface area (Å²) in [4.78, 5) is 12.3. The van der Waals surface area contributed by atoms with Gasteiger partial charge in [0.1, 0.15) is 5.52 Å². The first kappa shape index (κ1) is 16.4. The Morgan fingerprint density at radius 1 is 1.29 bits per heavy atom. The highest BCUT2D eigenvalue weighted by Gasteiger charge is 2.12. The Hall–Kier alpha value is -2.44. The van der Waals surface area contributed by atoms with Crippen molar-refractivity contribution in [3.63, 3.8) is 0 Å². The first-order valence-electron chi connectivity index (χ1n) is 7.63. The molecule has 2 aromatic carbocycles. The van der Waals surface area contributed by atoms with Gasteiger partial charge in [-0.15, -0.1) is 5.10 Å². The predicted molar refractivity (Wildman–Crippen MR) is 91.9 cm³/mol. The molecule has 0 aliphatic rings. The fraction of sp³-hybridized carbons (Fsp3) is 0.235. The SMILES string of the molecule is CCn1nnc2cc(C(=O)NCC(O)c3ccc(Cl)cc3)ccc21. The molecule has 24 heavy (non-hydrogen) atoms. The van der Waals surface area contributed by atoms with Gasteiger partial charge in [0.2, 0.25) is 0 Å². The van der Waals surface area contributed by atoms with Crippen molar-refractivity contribution in [3.8, 4) is 0 Å². The maximum atomic E-state index is 12.3. The Bertz CT molecular complexity index is 861. The van der Waals surface area contributed by atoms with E-state index in [4.69, 9.17) is 11.6 Å². The van der Waals surface area contributed by atoms with E-state index in [-0.39, 0.29) is 12.5 Å². The van der Waals surface area contributed by atoms with Crippen molar-refractivity contribution < 1.29 is 9.90 Å². The second-order valence-electron chi connectivity index (χ2n) is 5.39. The Labute approximate surface area is 144 Å². The molecule has 6 nitrogen and oxygen atoms in total. The summed E-state index contributed by atoms with van der Waals surface area (Å²) in [5, 5.41) is 21.5. The van der Waals surface area contributed by atoms with Crippen LogP contribution in [0.15, 0.2) is 42.5 Å². The lowest BCUT2D eigenvalue weighted by Crippen LogP contribution is -2.28. The Morgan fingerprint density at radius 2 is 2.04 bits per heavy atom. The van der Waals surface area contributed by atoms with E-state index in [2.05, 4.69) is 15.6 Å². The minimum atomic E-state index is -0.795. The van der Waals surface area contributed by atoms with E-state index in [1.165, 1.54) is 0 Å². The Balaban J connectivity index is 1.67. The maximum Gasteiger partial charge on any atom is 0.251 e. The number of fused-ring (bicyclic) bond motifs is 1. The highest BCUT2D eigenvalue weighted by Crippen LogP contribution is 2.17. The number of aromatic nitrogens is 3. The number of carbonyl (C=O) groups is 1. The number of nitrogens with one attached hydrogen (secondary N) is 1. The average molecular weight is 345 g/mol. The molecule has 0 saturated heterocycles. The third-order valence-electron chi connectivity index (χ3n) is 3.79. The van der Waals surface area contributed by atoms with Crippen molar-refractivity contribution in [2.24, 2.45) is 0 Å². The maximum absolute atomic E-state index is 12.3. The summed E-state index contributed by atoms with van der Waals surface area (Å²) in [5.74, 6) is -0.268. The lowest BCUT2D eigenvalue weighted by Gasteiger charge is -2.12. The van der Waals surface area contributed by atoms with E-state index in [0.717, 1.165) is 12.1 Å². The van der Waals surface area contributed by atoms with E-state index < -0.39 is 6.10 Å². The first-order valence-corrected chi connectivity index (χ1v) is 8.01. The predicted octanol–water partition coefficient (Wildman–Crippen LogP) is 2.57. The number of halogens is 1. The minimum absolute atomic E-state index is 0.111. The second kappa shape index (κ2) is 6.98. The molecule has 2 N–H and O–H groups in total. The van der Waals surface area contributed by atoms with E-state index in [0.29, 0.717) is 21.7 Å². The van der Waals surface area contributed by atoms with E-state index in [1.807, 2.05) is 13.0 Å². The molecule has 0 bridgehead atoms. The molecular formula is C17H17ClN4O2. The molecule has 124 valence electrons. The monoisotopic (exact) mass is 344 g/mol. The number of carbonyl (C=O) groups excluding carboxylic acids is 1. The molecule has 0 aliphatic carbocycles. The second-order valence-corrected chi connectivity index (χ2v) is 5.82. The molecule has 1 aromatic heterocycles. The fourth-order valence-corrected chi connectivity index (χ4v) is 2.57. The smallest absolute Gasteiger partial charge is 0.251 e. The lowest BCUT2D eigenvalue weighted by molar-refractivity contribution is 0.0916. The highest BCUT2D eigenvalue weighted by atomic mass is 35.5. The molecule has 1 unspecified atom stereocenters. The number of benzene rings is 2. The molecule has 3 rings (SSSR count). The molecule has 0 spiro atoms. The normalized spacial score (nSPS) is 12.3. The molecule has 1 heterocycles. The number of aryl methyl sites for hydroxylation is 1. The van der Waals surface area contributed by atoms with Crippen LogP contribution in [-0.2, 0) is 6.54 Å². The number of amides is 1. The van der Waals surface area contributed by atoms with Gasteiger partial charge in [-0.2, -0.15) is 0 Å². The zero-order valence-electron chi connectivity index (χ0n) is 13.1. The van der Waals surface area contributed by atoms with Crippen molar-refractivity contribution >= 4 is 28.5 Å². The van der Waals surface area contributed by atoms with Crippen molar-refractivity contribution in [2.75, 3.05) is 6.54 Å². The minimum Gasteiger partial charge on any atom is -0.387 e. The summed E-state index contributed by atoms with van der Waals surface area (Å²) < 4.78 is 1.77. The fourth-order valence-electron chi connectivity index (χ4n) is 2.44. The number of hydrogen-bond acceptors (Lipinski definition) is 4. The summed E-state index contributed by atoms with van der Waals surface area (Å²) in [5.41, 5.74) is 2.73. The average Bonchev–Trinajstić information content (AvgIpc) is 3.02. The van der Waals surface area contributed by atoms with Crippen molar-refractivity contribution in [1.29, 1.82) is 0 Å². The number of aliphatic hydroxyl groups excluding tert-OH is 1. The number of nitrogens with zero attached hydrogens (tertiary/aromatic N) is 3. The van der Waals surface area contributed by atoms with Crippen LogP contribution in [0, 0.1) is 0 Å². The molecular weight excluding hydrogens is 328 g/mol. The summed E-state index contributed by atoms with van der Waals surface area (Å²) >= 11 is 5.82. The lowest BCUT2D eigenvalue weighted by atomic mass is 10.1. The topological polar surface area (TPSA) is 80.0 Å². The van der Waals surface area contributed by atoms with Crippen LogP contribution in [0.2, 0.25) is 5.02 Å². The number of hydrogen-bond donors (Lipinski definition) is 2. The molecule has 1 amide bonds. The largest absolute Gasteiger partial charge is 0.387 e. The van der Waals surface area contributed by atoms with Crippen LogP contribution in [0.4, 0.5) is 0 Å². The van der Waals surface area contributed by atoms with E-state index in [1.54, 1.807) is 41.1 Å². The van der Waals surface area contributed by atoms with Gasteiger partial charge in [-0.05, 0) is 42.8 Å². The number of rotatable bonds is 5. The van der Waals surface area contributed by atoms with Gasteiger partial charge < -0.3 is 10.4 Å². The zero-order chi connectivity index (χ0) is 17.1. The quantitative estimate of drug-likeness (QED) is 0.745. The summed E-state index contributed by atoms with van der Waals surface area (Å²) in [7, 11) is 0. The van der Waals surface area contributed by atoms with Gasteiger partial charge in [-0.1, -0.05) is 28.9 Å². The van der Waals surface area contributed by atoms with Crippen molar-refractivity contribution in [1.82, 2.24) is 20.3 Å². The van der Waals surface area contributed by atoms with Crippen LogP contribution < -0.4 is 5.32 Å². The van der Waals surface area contributed by atoms with Crippen LogP contribution >= 0.6 is 11.6 Å². The summed E-state index contributed by atoms with van der Waals surface area (Å²) in [6, 6.07) is 12.1. The van der Waals surface area contributed by atoms with Crippen LogP contribution in [0.5, 0.6) is 0 Å². The molecule has 7 heteroatoms. The van der Waals surface area contributed by atoms with Crippen LogP contribution in [0.1, 0.15) is 28.9 Å². The van der Waals surface area contributed by atoms with Crippen LogP contribution in [0.3, 0.4) is 0 Å². The molecule has 0 aliphatic heterocycles. The molecule has 0 radical (unpaired) electrons. The molecule has 1 atom stereocenters. The van der Waals surface area contributed by atoms with Crippen molar-refractivity contribution in [2.45, 2.75) is 19.6 Å². The Morgan fingerprint density at radius 3 is 2.75 bits per heavy atom. The van der Waals surface area contributed by atoms with Gasteiger partial charge in [0.15, 0.2) is 0 Å². The van der Waals surface area contributed by atoms with Crippen molar-refractivity contribution in [3.05, 3.63) is 58.6 Å². The molecule has 3 aromatic rings. The first-order chi connectivity index (χ1) is 11.6. The van der Waals surface area contributed by atoms with Gasteiger partial charge in [0, 0.05) is 23.7 Å². The molecule has 0 fully saturated rings. The summed E-state index contributed by atoms with van der Waals surface area (Å²) in [6.07, 6.45) is -0.795. The van der Waals surface area contributed by atoms with Gasteiger partial charge in [-0.25, -0.2) is 4.68 Å². The standard InChI is InChI=1S/C17H17ClN4O2/c1-2-22-15-8-5-12(9-14(15)20-21-22)17(24)19-10-16(23)11-3-6-13(18)7-4-11/h3-9,16,23H,2,10H2,1H3,(H,19,24). The van der Waals surface area contributed by atoms with Gasteiger partial charge >= 0.3 is 0 Å². The zero-order valence-corrected chi connectivity index (χ0v) is 13.9. The third kappa shape index (κ3) is 3.39. The van der Waals surface area contributed by atoms with Gasteiger partial charge in [0.05, 0.1) is 11.6 Å². The number of aliphatic hydroxyl groups is 1. The van der Waals surface area contributed by atoms with E-state index in [9.17, 15) is 9.90 Å². The van der Waals surface area contributed by atoms with Gasteiger partial charge in [0.25, 0.3) is 5.91 Å². The van der Waals surface area contributed by atoms with E-state index >= 15 is 0 Å². The molecule has 0 saturated carbocycles.